The molecule has 0 aliphatic heterocycles. The standard InChI is InChI=1S/2C11H15N3O.2NO3.Ni.2H2O/c2*1-9(10(2)14-15)12-8-6-11-5-3-4-7-13-11;2*2-1(3)4;;;/h2*3-5,7,15H,6,8H2,1-2H3;;;;2*1H2/q;;2*-1;+2;;/b2*12-9?,14-10+;;;;;. The molecule has 0 amide bonds. The summed E-state index contributed by atoms with van der Waals surface area (Å²) in [5, 5.41) is 52.7. The van der Waals surface area contributed by atoms with Crippen LogP contribution in [0.5, 0.6) is 0 Å². The van der Waals surface area contributed by atoms with Gasteiger partial charge in [0.15, 0.2) is 0 Å². The molecule has 2 rings (SSSR count). The van der Waals surface area contributed by atoms with Gasteiger partial charge in [0.25, 0.3) is 0 Å². The van der Waals surface area contributed by atoms with Crippen molar-refractivity contribution in [1.29, 1.82) is 0 Å². The Kier molecular flexibility index (Phi) is 33.8. The maximum Gasteiger partial charge on any atom is 2.00 e. The van der Waals surface area contributed by atoms with Gasteiger partial charge in [0.05, 0.1) is 33.0 Å². The molecule has 0 bridgehead atoms. The molecule has 18 nitrogen and oxygen atoms in total. The van der Waals surface area contributed by atoms with Crippen molar-refractivity contribution >= 4 is 22.8 Å². The fourth-order valence-corrected chi connectivity index (χ4v) is 2.14. The van der Waals surface area contributed by atoms with Crippen molar-refractivity contribution in [3.63, 3.8) is 0 Å². The van der Waals surface area contributed by atoms with Gasteiger partial charge >= 0.3 is 16.5 Å². The second kappa shape index (κ2) is 29.9. The zero-order valence-corrected chi connectivity index (χ0v) is 23.7. The minimum atomic E-state index is -1.75. The van der Waals surface area contributed by atoms with Crippen molar-refractivity contribution < 1.29 is 48.0 Å². The minimum Gasteiger partial charge on any atom is -0.412 e. The van der Waals surface area contributed by atoms with E-state index in [0.29, 0.717) is 24.5 Å². The number of hydrogen-bond donors (Lipinski definition) is 2. The molecule has 0 saturated heterocycles. The zero-order chi connectivity index (χ0) is 29.3. The van der Waals surface area contributed by atoms with Crippen LogP contribution >= 0.6 is 0 Å². The number of rotatable bonds is 8. The SMILES string of the molecule is CC(=NCCc1ccccn1)/C(C)=N/O.CC(=NCCc1ccccn1)/C(C)=N/O.O.O.O=[N+]([O-])[O-].O=[N+]([O-])[O-].[Ni+2]. The third-order valence-electron chi connectivity index (χ3n) is 4.23. The Morgan fingerprint density at radius 3 is 1.20 bits per heavy atom. The molecule has 0 saturated carbocycles. The van der Waals surface area contributed by atoms with Crippen LogP contribution in [-0.2, 0) is 29.3 Å². The summed E-state index contributed by atoms with van der Waals surface area (Å²) in [4.78, 5) is 33.4. The van der Waals surface area contributed by atoms with Crippen LogP contribution < -0.4 is 0 Å². The van der Waals surface area contributed by atoms with E-state index < -0.39 is 10.2 Å². The fraction of sp³-hybridized carbons (Fsp3) is 0.364. The molecular formula is C22H34N8NiO10. The average molecular weight is 629 g/mol. The molecule has 2 heterocycles. The van der Waals surface area contributed by atoms with E-state index in [9.17, 15) is 0 Å². The fourth-order valence-electron chi connectivity index (χ4n) is 2.14. The summed E-state index contributed by atoms with van der Waals surface area (Å²) in [6, 6.07) is 11.6. The summed E-state index contributed by atoms with van der Waals surface area (Å²) in [6.45, 7) is 8.42. The van der Waals surface area contributed by atoms with Gasteiger partial charge in [-0.1, -0.05) is 22.4 Å². The Bertz CT molecular complexity index is 979. The molecule has 0 aliphatic rings. The summed E-state index contributed by atoms with van der Waals surface area (Å²) in [6.07, 6.45) is 5.15. The summed E-state index contributed by atoms with van der Waals surface area (Å²) in [5.41, 5.74) is 4.66. The van der Waals surface area contributed by atoms with E-state index in [1.807, 2.05) is 50.2 Å². The number of hydrogen-bond acceptors (Lipinski definition) is 14. The molecule has 232 valence electrons. The van der Waals surface area contributed by atoms with E-state index >= 15 is 0 Å². The zero-order valence-electron chi connectivity index (χ0n) is 22.7. The van der Waals surface area contributed by atoms with Gasteiger partial charge in [0, 0.05) is 49.7 Å². The first-order chi connectivity index (χ1) is 17.9. The molecule has 0 fully saturated rings. The summed E-state index contributed by atoms with van der Waals surface area (Å²) >= 11 is 0. The van der Waals surface area contributed by atoms with Crippen molar-refractivity contribution in [3.05, 3.63) is 90.8 Å². The van der Waals surface area contributed by atoms with Gasteiger partial charge in [0.2, 0.25) is 0 Å². The van der Waals surface area contributed by atoms with Crippen molar-refractivity contribution in [1.82, 2.24) is 9.97 Å². The number of aromatic nitrogens is 2. The van der Waals surface area contributed by atoms with Gasteiger partial charge in [0.1, 0.15) is 0 Å². The van der Waals surface area contributed by atoms with Crippen molar-refractivity contribution in [2.75, 3.05) is 13.1 Å². The molecule has 0 atom stereocenters. The maximum atomic E-state index is 8.52. The van der Waals surface area contributed by atoms with Crippen LogP contribution in [0, 0.1) is 30.6 Å². The molecule has 2 aromatic heterocycles. The monoisotopic (exact) mass is 628 g/mol. The second-order valence-electron chi connectivity index (χ2n) is 6.89. The maximum absolute atomic E-state index is 8.52. The number of aliphatic imine (C=N–C) groups is 2. The number of nitrogens with zero attached hydrogens (tertiary/aromatic N) is 8. The summed E-state index contributed by atoms with van der Waals surface area (Å²) < 4.78 is 0. The Morgan fingerprint density at radius 2 is 0.976 bits per heavy atom. The van der Waals surface area contributed by atoms with Crippen molar-refractivity contribution in [2.45, 2.75) is 40.5 Å². The van der Waals surface area contributed by atoms with Gasteiger partial charge in [-0.2, -0.15) is 0 Å². The largest absolute Gasteiger partial charge is 2.00 e. The smallest absolute Gasteiger partial charge is 0.412 e. The van der Waals surface area contributed by atoms with Crippen molar-refractivity contribution in [2.24, 2.45) is 20.3 Å². The summed E-state index contributed by atoms with van der Waals surface area (Å²) in [5.74, 6) is 0. The number of oxime groups is 2. The Morgan fingerprint density at radius 1 is 0.683 bits per heavy atom. The molecule has 6 N–H and O–H groups in total. The normalized spacial score (nSPS) is 10.6. The van der Waals surface area contributed by atoms with Crippen molar-refractivity contribution in [3.8, 4) is 0 Å². The summed E-state index contributed by atoms with van der Waals surface area (Å²) in [7, 11) is 0. The number of pyridine rings is 2. The van der Waals surface area contributed by atoms with E-state index in [1.54, 1.807) is 26.2 Å². The molecule has 0 aromatic carbocycles. The molecular weight excluding hydrogens is 595 g/mol. The van der Waals surface area contributed by atoms with Crippen LogP contribution in [0.25, 0.3) is 0 Å². The first-order valence-electron chi connectivity index (χ1n) is 10.8. The van der Waals surface area contributed by atoms with Gasteiger partial charge in [-0.25, -0.2) is 0 Å². The van der Waals surface area contributed by atoms with Crippen LogP contribution in [0.4, 0.5) is 0 Å². The van der Waals surface area contributed by atoms with E-state index in [4.69, 9.17) is 41.1 Å². The average Bonchev–Trinajstić information content (AvgIpc) is 2.88. The quantitative estimate of drug-likeness (QED) is 0.140. The van der Waals surface area contributed by atoms with Gasteiger partial charge in [-0.3, -0.25) is 20.0 Å². The first kappa shape index (κ1) is 46.3. The van der Waals surface area contributed by atoms with Gasteiger partial charge < -0.3 is 52.0 Å². The molecule has 19 heteroatoms. The molecule has 0 aliphatic carbocycles. The van der Waals surface area contributed by atoms with Crippen LogP contribution in [0.3, 0.4) is 0 Å². The van der Waals surface area contributed by atoms with E-state index in [-0.39, 0.29) is 27.4 Å². The van der Waals surface area contributed by atoms with Crippen LogP contribution in [0.2, 0.25) is 0 Å². The van der Waals surface area contributed by atoms with Crippen LogP contribution in [-0.4, -0.2) is 77.4 Å². The Balaban J connectivity index is -0.000000158. The topological polar surface area (TPSA) is 311 Å². The third-order valence-corrected chi connectivity index (χ3v) is 4.23. The minimum absolute atomic E-state index is 0. The van der Waals surface area contributed by atoms with E-state index in [2.05, 4.69) is 30.3 Å². The molecule has 0 spiro atoms. The third kappa shape index (κ3) is 31.5. The van der Waals surface area contributed by atoms with Gasteiger partial charge in [-0.05, 0) is 52.0 Å². The first-order valence-corrected chi connectivity index (χ1v) is 10.8. The molecule has 0 radical (unpaired) electrons. The van der Waals surface area contributed by atoms with E-state index in [1.165, 1.54) is 0 Å². The van der Waals surface area contributed by atoms with Gasteiger partial charge in [-0.15, -0.1) is 0 Å². The predicted molar refractivity (Wildman–Crippen MR) is 150 cm³/mol. The molecule has 41 heavy (non-hydrogen) atoms. The second-order valence-corrected chi connectivity index (χ2v) is 6.89. The van der Waals surface area contributed by atoms with E-state index in [0.717, 1.165) is 35.7 Å². The van der Waals surface area contributed by atoms with Crippen LogP contribution in [0.1, 0.15) is 39.1 Å². The molecule has 2 aromatic rings. The Hall–Kier alpha value is -4.61. The van der Waals surface area contributed by atoms with Crippen LogP contribution in [0.15, 0.2) is 69.1 Å². The predicted octanol–water partition coefficient (Wildman–Crippen LogP) is 1.74. The Labute approximate surface area is 245 Å². The molecule has 0 unspecified atom stereocenters.